The average molecular weight is 322 g/mol. The number of aromatic amines is 1. The number of rotatable bonds is 3. The van der Waals surface area contributed by atoms with Crippen molar-refractivity contribution < 1.29 is 9.18 Å². The van der Waals surface area contributed by atoms with E-state index >= 15 is 0 Å². The summed E-state index contributed by atoms with van der Waals surface area (Å²) in [6, 6.07) is 7.29. The lowest BCUT2D eigenvalue weighted by Crippen LogP contribution is -2.48. The summed E-state index contributed by atoms with van der Waals surface area (Å²) in [7, 11) is 0. The van der Waals surface area contributed by atoms with Gasteiger partial charge in [0.15, 0.2) is 0 Å². The van der Waals surface area contributed by atoms with Crippen LogP contribution in [0.3, 0.4) is 0 Å². The van der Waals surface area contributed by atoms with Gasteiger partial charge in [-0.25, -0.2) is 9.37 Å². The van der Waals surface area contributed by atoms with Crippen molar-refractivity contribution in [3.8, 4) is 11.4 Å². The fourth-order valence-electron chi connectivity index (χ4n) is 2.18. The quantitative estimate of drug-likeness (QED) is 0.911. The molecule has 7 heteroatoms. The Morgan fingerprint density at radius 2 is 2.05 bits per heavy atom. The molecule has 0 aliphatic heterocycles. The number of hydrogen-bond donors (Lipinski definition) is 2. The smallest absolute Gasteiger partial charge is 0.270 e. The number of carbonyl (C=O) groups excluding carboxylic acids is 1. The second-order valence-corrected chi connectivity index (χ2v) is 5.60. The van der Waals surface area contributed by atoms with Crippen LogP contribution in [0.15, 0.2) is 35.1 Å². The van der Waals surface area contributed by atoms with E-state index in [1.54, 1.807) is 24.3 Å². The van der Waals surface area contributed by atoms with Crippen LogP contribution in [0.1, 0.15) is 23.3 Å². The number of carbonyl (C=O) groups is 1. The van der Waals surface area contributed by atoms with Gasteiger partial charge in [0, 0.05) is 16.7 Å². The predicted octanol–water partition coefficient (Wildman–Crippen LogP) is 2.32. The van der Waals surface area contributed by atoms with E-state index in [-0.39, 0.29) is 11.5 Å². The number of nitrogens with zero attached hydrogens (tertiary/aromatic N) is 1. The van der Waals surface area contributed by atoms with Crippen LogP contribution < -0.4 is 10.9 Å². The van der Waals surface area contributed by atoms with Crippen LogP contribution >= 0.6 is 11.6 Å². The minimum absolute atomic E-state index is 0.0344. The summed E-state index contributed by atoms with van der Waals surface area (Å²) in [5, 5.41) is 3.10. The number of amides is 1. The molecule has 3 rings (SSSR count). The van der Waals surface area contributed by atoms with Gasteiger partial charge in [-0.3, -0.25) is 9.59 Å². The van der Waals surface area contributed by atoms with Crippen LogP contribution in [0.4, 0.5) is 4.39 Å². The van der Waals surface area contributed by atoms with Gasteiger partial charge in [-0.1, -0.05) is 11.6 Å². The molecule has 2 atom stereocenters. The third-order valence-corrected chi connectivity index (χ3v) is 3.85. The molecule has 1 amide bonds. The highest BCUT2D eigenvalue weighted by Gasteiger charge is 2.32. The Balaban J connectivity index is 1.87. The molecule has 0 bridgehead atoms. The third-order valence-electron chi connectivity index (χ3n) is 3.60. The van der Waals surface area contributed by atoms with Crippen LogP contribution in [-0.2, 0) is 0 Å². The maximum Gasteiger partial charge on any atom is 0.270 e. The second kappa shape index (κ2) is 5.88. The Morgan fingerprint density at radius 3 is 2.64 bits per heavy atom. The zero-order chi connectivity index (χ0) is 15.7. The molecule has 1 aliphatic rings. The lowest BCUT2D eigenvalue weighted by atomic mass is 9.90. The highest BCUT2D eigenvalue weighted by Crippen LogP contribution is 2.23. The maximum atomic E-state index is 13.2. The molecule has 0 radical (unpaired) electrons. The molecule has 1 aromatic carbocycles. The zero-order valence-corrected chi connectivity index (χ0v) is 12.2. The molecule has 114 valence electrons. The maximum absolute atomic E-state index is 13.2. The van der Waals surface area contributed by atoms with Crippen molar-refractivity contribution in [1.29, 1.82) is 0 Å². The molecule has 0 saturated heterocycles. The van der Waals surface area contributed by atoms with E-state index in [1.807, 2.05) is 0 Å². The third kappa shape index (κ3) is 3.01. The Morgan fingerprint density at radius 1 is 1.32 bits per heavy atom. The number of hydrogen-bond acceptors (Lipinski definition) is 3. The minimum atomic E-state index is -1.03. The molecule has 1 heterocycles. The molecular weight excluding hydrogens is 309 g/mol. The summed E-state index contributed by atoms with van der Waals surface area (Å²) >= 11 is 5.81. The summed E-state index contributed by atoms with van der Waals surface area (Å²) in [6.45, 7) is 0. The van der Waals surface area contributed by atoms with E-state index < -0.39 is 23.7 Å². The SMILES string of the molecule is O=C(N[C@@H]1CC[C@@H]1F)c1cc(=O)[nH]c(-c2ccc(Cl)cc2)n1. The fourth-order valence-corrected chi connectivity index (χ4v) is 2.31. The van der Waals surface area contributed by atoms with E-state index in [0.717, 1.165) is 6.07 Å². The van der Waals surface area contributed by atoms with Crippen LogP contribution in [-0.4, -0.2) is 28.1 Å². The van der Waals surface area contributed by atoms with Crippen molar-refractivity contribution in [1.82, 2.24) is 15.3 Å². The molecule has 1 aliphatic carbocycles. The summed E-state index contributed by atoms with van der Waals surface area (Å²) < 4.78 is 13.2. The zero-order valence-electron chi connectivity index (χ0n) is 11.5. The standard InChI is InChI=1S/C15H13ClFN3O2/c16-9-3-1-8(2-4-9)14-18-12(7-13(21)20-14)15(22)19-11-6-5-10(11)17/h1-4,7,10-11H,5-6H2,(H,19,22)(H,18,20,21)/t10-,11+/m0/s1. The first kappa shape index (κ1) is 14.7. The number of halogens is 2. The summed E-state index contributed by atoms with van der Waals surface area (Å²) in [5.41, 5.74) is 0.145. The molecule has 1 saturated carbocycles. The van der Waals surface area contributed by atoms with Crippen molar-refractivity contribution in [2.75, 3.05) is 0 Å². The van der Waals surface area contributed by atoms with Gasteiger partial charge in [-0.05, 0) is 37.1 Å². The van der Waals surface area contributed by atoms with E-state index in [1.165, 1.54) is 0 Å². The first-order valence-electron chi connectivity index (χ1n) is 6.85. The van der Waals surface area contributed by atoms with Crippen LogP contribution in [0.2, 0.25) is 5.02 Å². The molecule has 2 aromatic rings. The Hall–Kier alpha value is -2.21. The molecule has 1 fully saturated rings. The van der Waals surface area contributed by atoms with Crippen LogP contribution in [0, 0.1) is 0 Å². The second-order valence-electron chi connectivity index (χ2n) is 5.16. The van der Waals surface area contributed by atoms with Crippen molar-refractivity contribution in [2.45, 2.75) is 25.1 Å². The van der Waals surface area contributed by atoms with Gasteiger partial charge < -0.3 is 10.3 Å². The number of H-pyrrole nitrogens is 1. The molecule has 0 spiro atoms. The van der Waals surface area contributed by atoms with Gasteiger partial charge in [-0.15, -0.1) is 0 Å². The van der Waals surface area contributed by atoms with E-state index in [4.69, 9.17) is 11.6 Å². The minimum Gasteiger partial charge on any atom is -0.345 e. The van der Waals surface area contributed by atoms with Gasteiger partial charge in [0.2, 0.25) is 0 Å². The first-order valence-corrected chi connectivity index (χ1v) is 7.23. The van der Waals surface area contributed by atoms with Crippen molar-refractivity contribution in [3.05, 3.63) is 51.4 Å². The summed E-state index contributed by atoms with van der Waals surface area (Å²) in [5.74, 6) is -0.284. The lowest BCUT2D eigenvalue weighted by molar-refractivity contribution is 0.0819. The summed E-state index contributed by atoms with van der Waals surface area (Å²) in [4.78, 5) is 30.5. The highest BCUT2D eigenvalue weighted by atomic mass is 35.5. The van der Waals surface area contributed by atoms with Gasteiger partial charge in [0.25, 0.3) is 11.5 Å². The molecule has 1 aromatic heterocycles. The largest absolute Gasteiger partial charge is 0.345 e. The van der Waals surface area contributed by atoms with Crippen molar-refractivity contribution in [2.24, 2.45) is 0 Å². The van der Waals surface area contributed by atoms with E-state index in [0.29, 0.717) is 23.4 Å². The van der Waals surface area contributed by atoms with Crippen molar-refractivity contribution >= 4 is 17.5 Å². The molecule has 5 nitrogen and oxygen atoms in total. The summed E-state index contributed by atoms with van der Waals surface area (Å²) in [6.07, 6.45) is 0.0193. The number of benzene rings is 1. The topological polar surface area (TPSA) is 74.8 Å². The highest BCUT2D eigenvalue weighted by molar-refractivity contribution is 6.30. The normalized spacial score (nSPS) is 20.3. The van der Waals surface area contributed by atoms with Gasteiger partial charge in [0.05, 0.1) is 6.04 Å². The monoisotopic (exact) mass is 321 g/mol. The van der Waals surface area contributed by atoms with Crippen LogP contribution in [0.25, 0.3) is 11.4 Å². The predicted molar refractivity (Wildman–Crippen MR) is 80.7 cm³/mol. The van der Waals surface area contributed by atoms with Gasteiger partial charge >= 0.3 is 0 Å². The van der Waals surface area contributed by atoms with Gasteiger partial charge in [-0.2, -0.15) is 0 Å². The van der Waals surface area contributed by atoms with Crippen molar-refractivity contribution in [3.63, 3.8) is 0 Å². The number of nitrogens with one attached hydrogen (secondary N) is 2. The average Bonchev–Trinajstić information content (AvgIpc) is 2.51. The molecular formula is C15H13ClFN3O2. The molecule has 22 heavy (non-hydrogen) atoms. The van der Waals surface area contributed by atoms with Gasteiger partial charge in [0.1, 0.15) is 17.7 Å². The number of aromatic nitrogens is 2. The van der Waals surface area contributed by atoms with E-state index in [9.17, 15) is 14.0 Å². The number of alkyl halides is 1. The lowest BCUT2D eigenvalue weighted by Gasteiger charge is -2.30. The molecule has 0 unspecified atom stereocenters. The fraction of sp³-hybridized carbons (Fsp3) is 0.267. The Bertz CT molecular complexity index is 760. The Kier molecular flexibility index (Phi) is 3.94. The first-order chi connectivity index (χ1) is 10.5. The Labute approximate surface area is 130 Å². The van der Waals surface area contributed by atoms with Crippen LogP contribution in [0.5, 0.6) is 0 Å². The molecule has 2 N–H and O–H groups in total. The van der Waals surface area contributed by atoms with E-state index in [2.05, 4.69) is 15.3 Å².